The molecular weight excluding hydrogens is 342 g/mol. The molecule has 0 N–H and O–H groups in total. The molecule has 0 atom stereocenters. The first kappa shape index (κ1) is 17.3. The lowest BCUT2D eigenvalue weighted by Crippen LogP contribution is -2.30. The Labute approximate surface area is 158 Å². The Bertz CT molecular complexity index is 974. The van der Waals surface area contributed by atoms with E-state index in [2.05, 4.69) is 24.0 Å². The molecule has 0 bridgehead atoms. The van der Waals surface area contributed by atoms with Crippen molar-refractivity contribution in [2.24, 2.45) is 0 Å². The molecule has 4 nitrogen and oxygen atoms in total. The van der Waals surface area contributed by atoms with Gasteiger partial charge in [-0.15, -0.1) is 11.3 Å². The van der Waals surface area contributed by atoms with Crippen LogP contribution in [0.1, 0.15) is 42.2 Å². The maximum absolute atomic E-state index is 13.3. The van der Waals surface area contributed by atoms with E-state index < -0.39 is 0 Å². The van der Waals surface area contributed by atoms with Crippen molar-refractivity contribution >= 4 is 27.5 Å². The molecule has 0 saturated carbocycles. The summed E-state index contributed by atoms with van der Waals surface area (Å²) in [6.45, 7) is 3.56. The molecule has 0 saturated heterocycles. The van der Waals surface area contributed by atoms with Crippen LogP contribution in [0.5, 0.6) is 0 Å². The standard InChI is InChI=1S/C21H25N3OS/c1-3-13-24-20(25)18-16-11-7-8-12-17(16)26-19(18)22-21(24)23(2)14-15-9-5-4-6-10-15/h4-6,9-10H,3,7-8,11-14H2,1-2H3. The summed E-state index contributed by atoms with van der Waals surface area (Å²) in [6, 6.07) is 10.3. The molecule has 4 rings (SSSR count). The highest BCUT2D eigenvalue weighted by atomic mass is 32.1. The van der Waals surface area contributed by atoms with E-state index in [1.54, 1.807) is 11.3 Å². The quantitative estimate of drug-likeness (QED) is 0.671. The van der Waals surface area contributed by atoms with E-state index in [1.165, 1.54) is 28.8 Å². The van der Waals surface area contributed by atoms with Crippen molar-refractivity contribution < 1.29 is 0 Å². The third-order valence-electron chi connectivity index (χ3n) is 5.11. The first-order valence-corrected chi connectivity index (χ1v) is 10.3. The van der Waals surface area contributed by atoms with Gasteiger partial charge in [0, 0.05) is 25.0 Å². The van der Waals surface area contributed by atoms with Crippen LogP contribution in [0, 0.1) is 0 Å². The molecule has 1 aliphatic rings. The molecule has 3 aromatic rings. The summed E-state index contributed by atoms with van der Waals surface area (Å²) in [4.78, 5) is 22.7. The van der Waals surface area contributed by atoms with Gasteiger partial charge in [-0.25, -0.2) is 4.98 Å². The lowest BCUT2D eigenvalue weighted by atomic mass is 9.97. The van der Waals surface area contributed by atoms with Crippen molar-refractivity contribution in [1.29, 1.82) is 0 Å². The molecule has 26 heavy (non-hydrogen) atoms. The van der Waals surface area contributed by atoms with E-state index >= 15 is 0 Å². The Hall–Kier alpha value is -2.14. The van der Waals surface area contributed by atoms with Gasteiger partial charge in [0.25, 0.3) is 5.56 Å². The van der Waals surface area contributed by atoms with Crippen LogP contribution in [0.2, 0.25) is 0 Å². The van der Waals surface area contributed by atoms with Gasteiger partial charge in [-0.05, 0) is 43.2 Å². The number of thiophene rings is 1. The smallest absolute Gasteiger partial charge is 0.263 e. The number of aryl methyl sites for hydroxylation is 2. The summed E-state index contributed by atoms with van der Waals surface area (Å²) in [7, 11) is 2.03. The van der Waals surface area contributed by atoms with Gasteiger partial charge in [-0.3, -0.25) is 9.36 Å². The topological polar surface area (TPSA) is 38.1 Å². The van der Waals surface area contributed by atoms with E-state index in [9.17, 15) is 4.79 Å². The third-order valence-corrected chi connectivity index (χ3v) is 6.29. The Balaban J connectivity index is 1.83. The van der Waals surface area contributed by atoms with Gasteiger partial charge >= 0.3 is 0 Å². The van der Waals surface area contributed by atoms with Gasteiger partial charge in [0.1, 0.15) is 4.83 Å². The summed E-state index contributed by atoms with van der Waals surface area (Å²) in [6.07, 6.45) is 5.45. The van der Waals surface area contributed by atoms with Crippen molar-refractivity contribution in [2.75, 3.05) is 11.9 Å². The minimum absolute atomic E-state index is 0.145. The van der Waals surface area contributed by atoms with Crippen LogP contribution in [-0.4, -0.2) is 16.6 Å². The Kier molecular flexibility index (Phi) is 4.81. The normalized spacial score (nSPS) is 13.8. The monoisotopic (exact) mass is 367 g/mol. The molecule has 2 aromatic heterocycles. The summed E-state index contributed by atoms with van der Waals surface area (Å²) >= 11 is 1.73. The number of hydrogen-bond donors (Lipinski definition) is 0. The van der Waals surface area contributed by atoms with E-state index in [-0.39, 0.29) is 5.56 Å². The molecule has 0 aliphatic heterocycles. The average Bonchev–Trinajstić information content (AvgIpc) is 3.03. The summed E-state index contributed by atoms with van der Waals surface area (Å²) < 4.78 is 1.88. The molecule has 5 heteroatoms. The highest BCUT2D eigenvalue weighted by molar-refractivity contribution is 7.18. The molecule has 136 valence electrons. The minimum atomic E-state index is 0.145. The van der Waals surface area contributed by atoms with Gasteiger partial charge in [0.15, 0.2) is 0 Å². The number of benzene rings is 1. The highest BCUT2D eigenvalue weighted by Crippen LogP contribution is 2.34. The number of anilines is 1. The predicted octanol–water partition coefficient (Wildman–Crippen LogP) is 4.38. The summed E-state index contributed by atoms with van der Waals surface area (Å²) in [5.41, 5.74) is 2.64. The number of rotatable bonds is 5. The van der Waals surface area contributed by atoms with Gasteiger partial charge in [-0.1, -0.05) is 37.3 Å². The Morgan fingerprint density at radius 1 is 1.19 bits per heavy atom. The van der Waals surface area contributed by atoms with Gasteiger partial charge in [-0.2, -0.15) is 0 Å². The van der Waals surface area contributed by atoms with Crippen molar-refractivity contribution in [2.45, 2.75) is 52.1 Å². The zero-order chi connectivity index (χ0) is 18.1. The van der Waals surface area contributed by atoms with Crippen molar-refractivity contribution in [1.82, 2.24) is 9.55 Å². The van der Waals surface area contributed by atoms with E-state index in [0.29, 0.717) is 6.54 Å². The number of nitrogens with zero attached hydrogens (tertiary/aromatic N) is 3. The fourth-order valence-corrected chi connectivity index (χ4v) is 5.12. The highest BCUT2D eigenvalue weighted by Gasteiger charge is 2.23. The van der Waals surface area contributed by atoms with Crippen LogP contribution in [-0.2, 0) is 25.9 Å². The second kappa shape index (κ2) is 7.23. The zero-order valence-corrected chi connectivity index (χ0v) is 16.3. The third kappa shape index (κ3) is 3.05. The molecule has 1 aromatic carbocycles. The van der Waals surface area contributed by atoms with Crippen molar-refractivity contribution in [3.05, 3.63) is 56.7 Å². The second-order valence-corrected chi connectivity index (χ2v) is 8.18. The fraction of sp³-hybridized carbons (Fsp3) is 0.429. The fourth-order valence-electron chi connectivity index (χ4n) is 3.87. The SMILES string of the molecule is CCCn1c(N(C)Cc2ccccc2)nc2sc3c(c2c1=O)CCCC3. The van der Waals surface area contributed by atoms with Crippen LogP contribution in [0.15, 0.2) is 35.1 Å². The second-order valence-electron chi connectivity index (χ2n) is 7.10. The first-order chi connectivity index (χ1) is 12.7. The van der Waals surface area contributed by atoms with Crippen LogP contribution in [0.25, 0.3) is 10.2 Å². The van der Waals surface area contributed by atoms with E-state index in [4.69, 9.17) is 4.98 Å². The summed E-state index contributed by atoms with van der Waals surface area (Å²) in [5.74, 6) is 0.784. The van der Waals surface area contributed by atoms with Gasteiger partial charge < -0.3 is 4.90 Å². The Morgan fingerprint density at radius 3 is 2.73 bits per heavy atom. The van der Waals surface area contributed by atoms with Crippen LogP contribution < -0.4 is 10.5 Å². The number of fused-ring (bicyclic) bond motifs is 3. The molecule has 2 heterocycles. The van der Waals surface area contributed by atoms with Crippen LogP contribution in [0.3, 0.4) is 0 Å². The number of hydrogen-bond acceptors (Lipinski definition) is 4. The maximum atomic E-state index is 13.3. The van der Waals surface area contributed by atoms with E-state index in [1.807, 2.05) is 29.8 Å². The molecule has 1 aliphatic carbocycles. The van der Waals surface area contributed by atoms with Gasteiger partial charge in [0.05, 0.1) is 5.39 Å². The molecular formula is C21H25N3OS. The molecule has 0 amide bonds. The van der Waals surface area contributed by atoms with Crippen LogP contribution in [0.4, 0.5) is 5.95 Å². The molecule has 0 unspecified atom stereocenters. The molecule has 0 radical (unpaired) electrons. The lowest BCUT2D eigenvalue weighted by molar-refractivity contribution is 0.632. The van der Waals surface area contributed by atoms with Crippen molar-refractivity contribution in [3.63, 3.8) is 0 Å². The first-order valence-electron chi connectivity index (χ1n) is 9.49. The van der Waals surface area contributed by atoms with Crippen LogP contribution >= 0.6 is 11.3 Å². The zero-order valence-electron chi connectivity index (χ0n) is 15.5. The van der Waals surface area contributed by atoms with Crippen molar-refractivity contribution in [3.8, 4) is 0 Å². The maximum Gasteiger partial charge on any atom is 0.263 e. The minimum Gasteiger partial charge on any atom is -0.341 e. The molecule has 0 fully saturated rings. The number of aromatic nitrogens is 2. The largest absolute Gasteiger partial charge is 0.341 e. The average molecular weight is 368 g/mol. The predicted molar refractivity (Wildman–Crippen MR) is 109 cm³/mol. The van der Waals surface area contributed by atoms with Gasteiger partial charge in [0.2, 0.25) is 5.95 Å². The Morgan fingerprint density at radius 2 is 1.96 bits per heavy atom. The lowest BCUT2D eigenvalue weighted by Gasteiger charge is -2.22. The molecule has 0 spiro atoms. The van der Waals surface area contributed by atoms with E-state index in [0.717, 1.165) is 42.0 Å². The summed E-state index contributed by atoms with van der Waals surface area (Å²) in [5, 5.41) is 0.884.